The first-order chi connectivity index (χ1) is 8.06. The van der Waals surface area contributed by atoms with E-state index in [1.165, 1.54) is 0 Å². The van der Waals surface area contributed by atoms with Gasteiger partial charge < -0.3 is 15.5 Å². The van der Waals surface area contributed by atoms with Crippen LogP contribution in [0.5, 0.6) is 0 Å². The van der Waals surface area contributed by atoms with Crippen molar-refractivity contribution < 1.29 is 24.6 Å². The number of hydrogen-bond acceptors (Lipinski definition) is 5. The van der Waals surface area contributed by atoms with Crippen LogP contribution in [0.2, 0.25) is 0 Å². The molecule has 7 nitrogen and oxygen atoms in total. The number of nitrogens with one attached hydrogen (secondary N) is 1. The third kappa shape index (κ3) is 18.8. The quantitative estimate of drug-likeness (QED) is 0.242. The van der Waals surface area contributed by atoms with Crippen LogP contribution in [0.15, 0.2) is 0 Å². The van der Waals surface area contributed by atoms with Gasteiger partial charge in [0.05, 0.1) is 19.4 Å². The molecular formula is C10H22N2Na2O5. The molecule has 0 aliphatic rings. The van der Waals surface area contributed by atoms with E-state index in [4.69, 9.17) is 15.1 Å². The molecule has 3 N–H and O–H groups in total. The number of aliphatic carboxylic acids is 2. The summed E-state index contributed by atoms with van der Waals surface area (Å²) in [5, 5.41) is 21.4. The molecule has 104 valence electrons. The van der Waals surface area contributed by atoms with Crippen molar-refractivity contribution >= 4 is 71.1 Å². The van der Waals surface area contributed by atoms with Gasteiger partial charge in [-0.1, -0.05) is 6.92 Å². The first-order valence-corrected chi connectivity index (χ1v) is 5.58. The van der Waals surface area contributed by atoms with Crippen LogP contribution in [0.25, 0.3) is 0 Å². The molecule has 0 rings (SSSR count). The molecule has 0 radical (unpaired) electrons. The second kappa shape index (κ2) is 16.9. The summed E-state index contributed by atoms with van der Waals surface area (Å²) < 4.78 is 0. The molecule has 0 amide bonds. The van der Waals surface area contributed by atoms with Crippen LogP contribution in [0.3, 0.4) is 0 Å². The van der Waals surface area contributed by atoms with E-state index in [1.807, 2.05) is 6.92 Å². The Morgan fingerprint density at radius 2 is 1.68 bits per heavy atom. The number of hydroxylamine groups is 2. The summed E-state index contributed by atoms with van der Waals surface area (Å²) in [7, 11) is 0. The van der Waals surface area contributed by atoms with Crippen molar-refractivity contribution in [3.63, 3.8) is 0 Å². The van der Waals surface area contributed by atoms with Gasteiger partial charge in [-0.3, -0.25) is 14.4 Å². The van der Waals surface area contributed by atoms with Gasteiger partial charge >= 0.3 is 71.1 Å². The van der Waals surface area contributed by atoms with Gasteiger partial charge in [0.15, 0.2) is 0 Å². The molecule has 0 spiro atoms. The molecule has 0 fully saturated rings. The number of carboxylic acid groups (broad SMARTS) is 2. The third-order valence-corrected chi connectivity index (χ3v) is 2.00. The van der Waals surface area contributed by atoms with Gasteiger partial charge in [-0.25, -0.2) is 0 Å². The number of likely N-dealkylation sites (N-methyl/N-ethyl adjacent to an activating group) is 1. The molecule has 0 aromatic rings. The zero-order chi connectivity index (χ0) is 13.1. The van der Waals surface area contributed by atoms with Gasteiger partial charge in [0.1, 0.15) is 0 Å². The fourth-order valence-electron chi connectivity index (χ4n) is 1.10. The first kappa shape index (κ1) is 24.8. The SMILES string of the molecule is CCN(CCNCCC(=O)O)OCCC(=O)O.[NaH].[NaH]. The van der Waals surface area contributed by atoms with Crippen LogP contribution in [-0.4, -0.2) is 119 Å². The molecule has 0 aliphatic heterocycles. The number of hydrogen-bond donors (Lipinski definition) is 3. The second-order valence-electron chi connectivity index (χ2n) is 3.39. The Labute approximate surface area is 157 Å². The molecule has 0 heterocycles. The standard InChI is InChI=1S/C10H20N2O5.2Na.2H/c1-2-12(17-8-4-10(15)16)7-6-11-5-3-9(13)14;;;;/h11H,2-8H2,1H3,(H,13,14)(H,15,16);;;;. The van der Waals surface area contributed by atoms with E-state index in [-0.39, 0.29) is 78.6 Å². The topological polar surface area (TPSA) is 99.1 Å². The van der Waals surface area contributed by atoms with E-state index in [9.17, 15) is 9.59 Å². The molecular weight excluding hydrogens is 274 g/mol. The summed E-state index contributed by atoms with van der Waals surface area (Å²) in [5.41, 5.74) is 0. The maximum atomic E-state index is 10.3. The Morgan fingerprint density at radius 1 is 1.11 bits per heavy atom. The van der Waals surface area contributed by atoms with E-state index in [0.717, 1.165) is 0 Å². The van der Waals surface area contributed by atoms with E-state index in [1.54, 1.807) is 5.06 Å². The fraction of sp³-hybridized carbons (Fsp3) is 0.800. The van der Waals surface area contributed by atoms with Crippen molar-refractivity contribution in [2.75, 3.05) is 32.8 Å². The molecule has 0 saturated heterocycles. The summed E-state index contributed by atoms with van der Waals surface area (Å²) >= 11 is 0. The van der Waals surface area contributed by atoms with Gasteiger partial charge in [0.2, 0.25) is 0 Å². The normalized spacial score (nSPS) is 9.58. The Bertz CT molecular complexity index is 244. The number of carbonyl (C=O) groups is 2. The van der Waals surface area contributed by atoms with E-state index >= 15 is 0 Å². The van der Waals surface area contributed by atoms with Gasteiger partial charge in [-0.05, 0) is 0 Å². The minimum absolute atomic E-state index is 0. The van der Waals surface area contributed by atoms with Crippen molar-refractivity contribution in [1.82, 2.24) is 10.4 Å². The Balaban J connectivity index is -0.00000128. The molecule has 0 bridgehead atoms. The molecule has 0 atom stereocenters. The van der Waals surface area contributed by atoms with Crippen LogP contribution in [-0.2, 0) is 14.4 Å². The van der Waals surface area contributed by atoms with E-state index in [0.29, 0.717) is 26.2 Å². The summed E-state index contributed by atoms with van der Waals surface area (Å²) in [6.45, 7) is 4.32. The average Bonchev–Trinajstić information content (AvgIpc) is 2.25. The Morgan fingerprint density at radius 3 is 2.16 bits per heavy atom. The fourth-order valence-corrected chi connectivity index (χ4v) is 1.10. The van der Waals surface area contributed by atoms with Crippen molar-refractivity contribution in [3.8, 4) is 0 Å². The monoisotopic (exact) mass is 296 g/mol. The molecule has 9 heteroatoms. The summed E-state index contributed by atoms with van der Waals surface area (Å²) in [6.07, 6.45) is 0.0644. The molecule has 19 heavy (non-hydrogen) atoms. The van der Waals surface area contributed by atoms with E-state index in [2.05, 4.69) is 5.32 Å². The number of carboxylic acids is 2. The third-order valence-electron chi connectivity index (χ3n) is 2.00. The molecule has 0 saturated carbocycles. The zero-order valence-electron chi connectivity index (χ0n) is 10.0. The van der Waals surface area contributed by atoms with Crippen molar-refractivity contribution in [3.05, 3.63) is 0 Å². The summed E-state index contributed by atoms with van der Waals surface area (Å²) in [4.78, 5) is 25.7. The van der Waals surface area contributed by atoms with Crippen LogP contribution >= 0.6 is 0 Å². The minimum atomic E-state index is -0.888. The first-order valence-electron chi connectivity index (χ1n) is 5.58. The maximum absolute atomic E-state index is 10.3. The number of rotatable bonds is 11. The van der Waals surface area contributed by atoms with Gasteiger partial charge in [-0.2, -0.15) is 5.06 Å². The Hall–Kier alpha value is 0.820. The van der Waals surface area contributed by atoms with Gasteiger partial charge in [0.25, 0.3) is 0 Å². The van der Waals surface area contributed by atoms with Crippen LogP contribution < -0.4 is 5.32 Å². The van der Waals surface area contributed by atoms with Crippen LogP contribution in [0.1, 0.15) is 19.8 Å². The molecule has 0 aromatic heterocycles. The van der Waals surface area contributed by atoms with E-state index < -0.39 is 11.9 Å². The molecule has 0 aromatic carbocycles. The molecule has 0 unspecified atom stereocenters. The van der Waals surface area contributed by atoms with Crippen LogP contribution in [0, 0.1) is 0 Å². The molecule has 0 aliphatic carbocycles. The van der Waals surface area contributed by atoms with Crippen LogP contribution in [0.4, 0.5) is 0 Å². The Kier molecular flexibility index (Phi) is 22.0. The second-order valence-corrected chi connectivity index (χ2v) is 3.39. The summed E-state index contributed by atoms with van der Waals surface area (Å²) in [6, 6.07) is 0. The zero-order valence-corrected chi connectivity index (χ0v) is 10.0. The predicted molar refractivity (Wildman–Crippen MR) is 74.9 cm³/mol. The van der Waals surface area contributed by atoms with Crippen molar-refractivity contribution in [1.29, 1.82) is 0 Å². The predicted octanol–water partition coefficient (Wildman–Crippen LogP) is -1.52. The van der Waals surface area contributed by atoms with Gasteiger partial charge in [-0.15, -0.1) is 0 Å². The van der Waals surface area contributed by atoms with Crippen molar-refractivity contribution in [2.45, 2.75) is 19.8 Å². The van der Waals surface area contributed by atoms with Gasteiger partial charge in [0, 0.05) is 26.2 Å². The number of nitrogens with zero attached hydrogens (tertiary/aromatic N) is 1. The van der Waals surface area contributed by atoms with Crippen molar-refractivity contribution in [2.24, 2.45) is 0 Å². The average molecular weight is 296 g/mol. The summed E-state index contributed by atoms with van der Waals surface area (Å²) in [5.74, 6) is -1.72.